The second-order valence-corrected chi connectivity index (χ2v) is 4.36. The van der Waals surface area contributed by atoms with Crippen LogP contribution in [0.1, 0.15) is 18.1 Å². The van der Waals surface area contributed by atoms with Gasteiger partial charge in [-0.3, -0.25) is 19.7 Å². The highest BCUT2D eigenvalue weighted by atomic mass is 16.7. The fourth-order valence-electron chi connectivity index (χ4n) is 1.92. The van der Waals surface area contributed by atoms with Gasteiger partial charge in [0.1, 0.15) is 0 Å². The Bertz CT molecular complexity index is 587. The first-order valence-electron chi connectivity index (χ1n) is 6.33. The Kier molecular flexibility index (Phi) is 6.59. The number of nitro groups is 1. The summed E-state index contributed by atoms with van der Waals surface area (Å²) in [5.41, 5.74) is -0.0358. The van der Waals surface area contributed by atoms with Gasteiger partial charge in [0.05, 0.1) is 19.1 Å². The Balaban J connectivity index is 3.11. The van der Waals surface area contributed by atoms with Crippen molar-refractivity contribution in [2.24, 2.45) is 11.3 Å². The molecule has 0 saturated heterocycles. The highest BCUT2D eigenvalue weighted by molar-refractivity contribution is 5.94. The smallest absolute Gasteiger partial charge is 0.320 e. The Labute approximate surface area is 130 Å². The molecule has 1 aromatic carbocycles. The van der Waals surface area contributed by atoms with Crippen molar-refractivity contribution in [1.82, 2.24) is 0 Å². The van der Waals surface area contributed by atoms with Crippen LogP contribution in [-0.4, -0.2) is 31.1 Å². The molecule has 0 fully saturated rings. The van der Waals surface area contributed by atoms with E-state index in [1.165, 1.54) is 18.2 Å². The number of benzene rings is 1. The molecule has 0 aliphatic heterocycles. The average Bonchev–Trinajstić information content (AvgIpc) is 2.57. The molecule has 0 aliphatic carbocycles. The molecule has 0 bridgehead atoms. The van der Waals surface area contributed by atoms with Gasteiger partial charge < -0.3 is 14.3 Å². The first kappa shape index (κ1) is 18.0. The van der Waals surface area contributed by atoms with Crippen molar-refractivity contribution >= 4 is 17.6 Å². The van der Waals surface area contributed by atoms with E-state index in [1.807, 2.05) is 0 Å². The van der Waals surface area contributed by atoms with Crippen molar-refractivity contribution in [2.45, 2.75) is 12.5 Å². The molecule has 1 unspecified atom stereocenters. The largest absolute Gasteiger partial charge is 0.468 e. The Morgan fingerprint density at radius 1 is 1.26 bits per heavy atom. The third-order valence-corrected chi connectivity index (χ3v) is 3.04. The normalized spacial score (nSPS) is 11.4. The van der Waals surface area contributed by atoms with Crippen molar-refractivity contribution in [3.05, 3.63) is 44.9 Å². The summed E-state index contributed by atoms with van der Waals surface area (Å²) in [6.07, 6.45) is -1.48. The summed E-state index contributed by atoms with van der Waals surface area (Å²) in [4.78, 5) is 48.5. The maximum Gasteiger partial charge on any atom is 0.320 e. The van der Waals surface area contributed by atoms with E-state index in [2.05, 4.69) is 19.7 Å². The molecule has 1 aromatic rings. The average molecular weight is 326 g/mol. The van der Waals surface area contributed by atoms with Crippen LogP contribution in [0, 0.1) is 20.9 Å². The van der Waals surface area contributed by atoms with E-state index < -0.39 is 28.9 Å². The number of non-ortho nitro benzene ring substituents is 1. The van der Waals surface area contributed by atoms with Gasteiger partial charge in [-0.1, -0.05) is 12.1 Å². The lowest BCUT2D eigenvalue weighted by Gasteiger charge is -2.18. The maximum absolute atomic E-state index is 11.7. The fraction of sp³-hybridized carbons (Fsp3) is 0.385. The molecule has 23 heavy (non-hydrogen) atoms. The topological polar surface area (TPSA) is 134 Å². The van der Waals surface area contributed by atoms with Crippen molar-refractivity contribution < 1.29 is 28.8 Å². The predicted octanol–water partition coefficient (Wildman–Crippen LogP) is 1.69. The number of rotatable bonds is 8. The second-order valence-electron chi connectivity index (χ2n) is 4.36. The van der Waals surface area contributed by atoms with E-state index in [1.54, 1.807) is 0 Å². The molecule has 1 rings (SSSR count). The molecule has 0 N–H and O–H groups in total. The Morgan fingerprint density at radius 2 is 1.87 bits per heavy atom. The lowest BCUT2D eigenvalue weighted by atomic mass is 9.96. The van der Waals surface area contributed by atoms with E-state index >= 15 is 0 Å². The first-order valence-corrected chi connectivity index (χ1v) is 6.33. The van der Waals surface area contributed by atoms with Crippen molar-refractivity contribution in [2.75, 3.05) is 14.2 Å². The number of nitrogens with zero attached hydrogens (tertiary/aromatic N) is 2. The van der Waals surface area contributed by atoms with Crippen molar-refractivity contribution in [3.63, 3.8) is 0 Å². The minimum absolute atomic E-state index is 0.205. The first-order chi connectivity index (χ1) is 10.9. The van der Waals surface area contributed by atoms with Crippen LogP contribution in [0.25, 0.3) is 0 Å². The van der Waals surface area contributed by atoms with Gasteiger partial charge in [-0.05, 0) is 0 Å². The van der Waals surface area contributed by atoms with Gasteiger partial charge in [0.2, 0.25) is 0 Å². The van der Waals surface area contributed by atoms with Crippen LogP contribution < -0.4 is 0 Å². The van der Waals surface area contributed by atoms with Crippen LogP contribution in [0.5, 0.6) is 0 Å². The highest BCUT2D eigenvalue weighted by Crippen LogP contribution is 2.29. The summed E-state index contributed by atoms with van der Waals surface area (Å²) < 4.78 is 9.00. The standard InChI is InChI=1S/C13H14N2O8/c1-21-12(16)10(13(17)22-2)7-11(23-14-18)8-4-3-5-9(6-8)15(19)20/h3-6,10-11H,7H2,1-2H3. The summed E-state index contributed by atoms with van der Waals surface area (Å²) in [7, 11) is 2.17. The molecule has 10 nitrogen and oxygen atoms in total. The number of ether oxygens (including phenoxy) is 2. The molecule has 0 radical (unpaired) electrons. The molecule has 0 aliphatic rings. The highest BCUT2D eigenvalue weighted by Gasteiger charge is 2.34. The quantitative estimate of drug-likeness (QED) is 0.231. The van der Waals surface area contributed by atoms with Crippen LogP contribution in [0.3, 0.4) is 0 Å². The van der Waals surface area contributed by atoms with Crippen molar-refractivity contribution in [1.29, 1.82) is 0 Å². The molecule has 1 atom stereocenters. The van der Waals surface area contributed by atoms with Gasteiger partial charge in [0.15, 0.2) is 17.4 Å². The number of hydrogen-bond acceptors (Lipinski definition) is 9. The van der Waals surface area contributed by atoms with E-state index in [-0.39, 0.29) is 17.7 Å². The minimum Gasteiger partial charge on any atom is -0.468 e. The van der Waals surface area contributed by atoms with Crippen LogP contribution in [0.15, 0.2) is 29.6 Å². The van der Waals surface area contributed by atoms with E-state index in [4.69, 9.17) is 0 Å². The van der Waals surface area contributed by atoms with Gasteiger partial charge in [-0.2, -0.15) is 0 Å². The molecule has 124 valence electrons. The summed E-state index contributed by atoms with van der Waals surface area (Å²) >= 11 is 0. The molecule has 0 amide bonds. The number of carbonyl (C=O) groups is 2. The predicted molar refractivity (Wildman–Crippen MR) is 74.9 cm³/mol. The summed E-state index contributed by atoms with van der Waals surface area (Å²) in [5.74, 6) is -3.14. The molecule has 0 aromatic heterocycles. The third kappa shape index (κ3) is 4.73. The minimum atomic E-state index is -1.36. The maximum atomic E-state index is 11.7. The van der Waals surface area contributed by atoms with Crippen molar-refractivity contribution in [3.8, 4) is 0 Å². The second kappa shape index (κ2) is 8.41. The molecule has 0 spiro atoms. The fourth-order valence-corrected chi connectivity index (χ4v) is 1.92. The number of esters is 2. The zero-order valence-corrected chi connectivity index (χ0v) is 12.3. The summed E-state index contributed by atoms with van der Waals surface area (Å²) in [6, 6.07) is 5.21. The van der Waals surface area contributed by atoms with E-state index in [0.717, 1.165) is 20.3 Å². The molecule has 10 heteroatoms. The summed E-state index contributed by atoms with van der Waals surface area (Å²) in [6.45, 7) is 0. The molecular weight excluding hydrogens is 312 g/mol. The third-order valence-electron chi connectivity index (χ3n) is 3.04. The number of hydrogen-bond donors (Lipinski definition) is 0. The van der Waals surface area contributed by atoms with Crippen LogP contribution in [0.4, 0.5) is 5.69 Å². The lowest BCUT2D eigenvalue weighted by molar-refractivity contribution is -0.385. The van der Waals surface area contributed by atoms with E-state index in [9.17, 15) is 24.6 Å². The van der Waals surface area contributed by atoms with Crippen LogP contribution in [0.2, 0.25) is 0 Å². The lowest BCUT2D eigenvalue weighted by Crippen LogP contribution is -2.28. The SMILES string of the molecule is COC(=O)C(CC(ON=O)c1cccc([N+](=O)[O-])c1)C(=O)OC. The van der Waals surface area contributed by atoms with Crippen LogP contribution in [-0.2, 0) is 23.9 Å². The zero-order valence-electron chi connectivity index (χ0n) is 12.3. The van der Waals surface area contributed by atoms with Gasteiger partial charge >= 0.3 is 11.9 Å². The van der Waals surface area contributed by atoms with Gasteiger partial charge in [0.25, 0.3) is 5.69 Å². The molecule has 0 heterocycles. The monoisotopic (exact) mass is 326 g/mol. The number of nitro benzene ring substituents is 1. The van der Waals surface area contributed by atoms with Gasteiger partial charge in [-0.25, -0.2) is 0 Å². The summed E-state index contributed by atoms with van der Waals surface area (Å²) in [5, 5.41) is 13.1. The Morgan fingerprint density at radius 3 is 2.35 bits per heavy atom. The Hall–Kier alpha value is -3.04. The van der Waals surface area contributed by atoms with Gasteiger partial charge in [-0.15, -0.1) is 4.91 Å². The van der Waals surface area contributed by atoms with Crippen LogP contribution >= 0.6 is 0 Å². The zero-order chi connectivity index (χ0) is 17.4. The molecule has 0 saturated carbocycles. The number of carbonyl (C=O) groups excluding carboxylic acids is 2. The van der Waals surface area contributed by atoms with E-state index in [0.29, 0.717) is 0 Å². The number of methoxy groups -OCH3 is 2. The molecular formula is C13H14N2O8. The van der Waals surface area contributed by atoms with Gasteiger partial charge in [0, 0.05) is 24.1 Å².